The number of aromatic nitrogens is 1. The number of carbonyl (C=O) groups excluding carboxylic acids is 1. The SMILES string of the molecule is CCCNc1cc(C(=O)Nc2cccc(CC)c2)ccn1. The Labute approximate surface area is 125 Å². The summed E-state index contributed by atoms with van der Waals surface area (Å²) in [6.07, 6.45) is 3.61. The summed E-state index contributed by atoms with van der Waals surface area (Å²) in [5.41, 5.74) is 2.62. The van der Waals surface area contributed by atoms with Gasteiger partial charge in [-0.25, -0.2) is 4.98 Å². The van der Waals surface area contributed by atoms with Crippen molar-refractivity contribution < 1.29 is 4.79 Å². The van der Waals surface area contributed by atoms with Crippen LogP contribution in [0.25, 0.3) is 0 Å². The number of pyridine rings is 1. The van der Waals surface area contributed by atoms with Crippen LogP contribution in [0, 0.1) is 0 Å². The number of nitrogens with one attached hydrogen (secondary N) is 2. The number of aryl methyl sites for hydroxylation is 1. The molecule has 1 aromatic carbocycles. The highest BCUT2D eigenvalue weighted by molar-refractivity contribution is 6.04. The van der Waals surface area contributed by atoms with Crippen molar-refractivity contribution in [2.75, 3.05) is 17.2 Å². The topological polar surface area (TPSA) is 54.0 Å². The summed E-state index contributed by atoms with van der Waals surface area (Å²) in [4.78, 5) is 16.5. The molecule has 0 spiro atoms. The van der Waals surface area contributed by atoms with Crippen molar-refractivity contribution in [2.45, 2.75) is 26.7 Å². The molecule has 0 aliphatic rings. The molecule has 0 bridgehead atoms. The van der Waals surface area contributed by atoms with Crippen molar-refractivity contribution in [1.29, 1.82) is 0 Å². The minimum atomic E-state index is -0.120. The van der Waals surface area contributed by atoms with E-state index in [-0.39, 0.29) is 5.91 Å². The maximum absolute atomic E-state index is 12.3. The molecule has 0 aliphatic carbocycles. The fourth-order valence-corrected chi connectivity index (χ4v) is 1.99. The number of amides is 1. The van der Waals surface area contributed by atoms with Gasteiger partial charge < -0.3 is 10.6 Å². The second-order valence-corrected chi connectivity index (χ2v) is 4.86. The van der Waals surface area contributed by atoms with Crippen LogP contribution in [0.4, 0.5) is 11.5 Å². The quantitative estimate of drug-likeness (QED) is 0.849. The Morgan fingerprint density at radius 1 is 1.19 bits per heavy atom. The van der Waals surface area contributed by atoms with Crippen molar-refractivity contribution >= 4 is 17.4 Å². The van der Waals surface area contributed by atoms with Gasteiger partial charge in [0.1, 0.15) is 5.82 Å². The predicted octanol–water partition coefficient (Wildman–Crippen LogP) is 3.72. The van der Waals surface area contributed by atoms with Gasteiger partial charge >= 0.3 is 0 Å². The number of rotatable bonds is 6. The molecule has 0 atom stereocenters. The van der Waals surface area contributed by atoms with Crippen LogP contribution in [0.1, 0.15) is 36.2 Å². The molecule has 0 fully saturated rings. The Morgan fingerprint density at radius 2 is 2.05 bits per heavy atom. The van der Waals surface area contributed by atoms with Crippen LogP contribution >= 0.6 is 0 Å². The van der Waals surface area contributed by atoms with E-state index >= 15 is 0 Å². The zero-order chi connectivity index (χ0) is 15.1. The van der Waals surface area contributed by atoms with Gasteiger partial charge in [0.15, 0.2) is 0 Å². The molecule has 0 radical (unpaired) electrons. The number of benzene rings is 1. The molecular weight excluding hydrogens is 262 g/mol. The summed E-state index contributed by atoms with van der Waals surface area (Å²) >= 11 is 0. The molecule has 1 heterocycles. The lowest BCUT2D eigenvalue weighted by atomic mass is 10.1. The average Bonchev–Trinajstić information content (AvgIpc) is 2.53. The summed E-state index contributed by atoms with van der Waals surface area (Å²) < 4.78 is 0. The summed E-state index contributed by atoms with van der Waals surface area (Å²) in [5.74, 6) is 0.608. The van der Waals surface area contributed by atoms with Gasteiger partial charge in [0.25, 0.3) is 5.91 Å². The van der Waals surface area contributed by atoms with Gasteiger partial charge in [0.05, 0.1) is 0 Å². The van der Waals surface area contributed by atoms with Crippen molar-refractivity contribution in [3.63, 3.8) is 0 Å². The molecule has 21 heavy (non-hydrogen) atoms. The smallest absolute Gasteiger partial charge is 0.255 e. The normalized spacial score (nSPS) is 10.2. The maximum atomic E-state index is 12.3. The number of hydrogen-bond donors (Lipinski definition) is 2. The zero-order valence-electron chi connectivity index (χ0n) is 12.5. The first kappa shape index (κ1) is 15.0. The van der Waals surface area contributed by atoms with Gasteiger partial charge in [-0.15, -0.1) is 0 Å². The predicted molar refractivity (Wildman–Crippen MR) is 86.8 cm³/mol. The van der Waals surface area contributed by atoms with Gasteiger partial charge in [-0.1, -0.05) is 26.0 Å². The lowest BCUT2D eigenvalue weighted by Gasteiger charge is -2.08. The third-order valence-corrected chi connectivity index (χ3v) is 3.17. The van der Waals surface area contributed by atoms with Crippen LogP contribution in [0.3, 0.4) is 0 Å². The fourth-order valence-electron chi connectivity index (χ4n) is 1.99. The van der Waals surface area contributed by atoms with E-state index in [1.807, 2.05) is 18.2 Å². The molecule has 4 heteroatoms. The minimum Gasteiger partial charge on any atom is -0.370 e. The number of anilines is 2. The molecule has 0 saturated carbocycles. The van der Waals surface area contributed by atoms with E-state index in [4.69, 9.17) is 0 Å². The van der Waals surface area contributed by atoms with Crippen molar-refractivity contribution in [3.8, 4) is 0 Å². The molecule has 0 aliphatic heterocycles. The Balaban J connectivity index is 2.08. The third kappa shape index (κ3) is 4.31. The van der Waals surface area contributed by atoms with Gasteiger partial charge in [-0.2, -0.15) is 0 Å². The summed E-state index contributed by atoms with van der Waals surface area (Å²) in [5, 5.41) is 6.10. The minimum absolute atomic E-state index is 0.120. The molecule has 2 aromatic rings. The first-order valence-corrected chi connectivity index (χ1v) is 7.33. The molecule has 2 rings (SSSR count). The molecule has 4 nitrogen and oxygen atoms in total. The first-order valence-electron chi connectivity index (χ1n) is 7.33. The highest BCUT2D eigenvalue weighted by atomic mass is 16.1. The summed E-state index contributed by atoms with van der Waals surface area (Å²) in [6, 6.07) is 11.4. The lowest BCUT2D eigenvalue weighted by Crippen LogP contribution is -2.13. The van der Waals surface area contributed by atoms with E-state index in [1.165, 1.54) is 5.56 Å². The monoisotopic (exact) mass is 283 g/mol. The summed E-state index contributed by atoms with van der Waals surface area (Å²) in [7, 11) is 0. The Morgan fingerprint density at radius 3 is 2.81 bits per heavy atom. The van der Waals surface area contributed by atoms with E-state index in [0.29, 0.717) is 5.56 Å². The second kappa shape index (κ2) is 7.43. The summed E-state index contributed by atoms with van der Waals surface area (Å²) in [6.45, 7) is 5.02. The van der Waals surface area contributed by atoms with E-state index in [2.05, 4.69) is 35.5 Å². The molecule has 0 saturated heterocycles. The molecule has 1 amide bonds. The van der Waals surface area contributed by atoms with Gasteiger partial charge in [0.2, 0.25) is 0 Å². The third-order valence-electron chi connectivity index (χ3n) is 3.17. The highest BCUT2D eigenvalue weighted by Crippen LogP contribution is 2.14. The van der Waals surface area contributed by atoms with Gasteiger partial charge in [-0.3, -0.25) is 4.79 Å². The van der Waals surface area contributed by atoms with Crippen LogP contribution in [0.15, 0.2) is 42.6 Å². The average molecular weight is 283 g/mol. The van der Waals surface area contributed by atoms with Crippen LogP contribution < -0.4 is 10.6 Å². The second-order valence-electron chi connectivity index (χ2n) is 4.86. The Kier molecular flexibility index (Phi) is 5.32. The fraction of sp³-hybridized carbons (Fsp3) is 0.294. The van der Waals surface area contributed by atoms with Gasteiger partial charge in [-0.05, 0) is 42.7 Å². The van der Waals surface area contributed by atoms with Crippen LogP contribution in [-0.2, 0) is 6.42 Å². The van der Waals surface area contributed by atoms with E-state index in [0.717, 1.165) is 30.9 Å². The molecule has 2 N–H and O–H groups in total. The maximum Gasteiger partial charge on any atom is 0.255 e. The van der Waals surface area contributed by atoms with Crippen LogP contribution in [-0.4, -0.2) is 17.4 Å². The largest absolute Gasteiger partial charge is 0.370 e. The first-order chi connectivity index (χ1) is 10.2. The molecule has 110 valence electrons. The number of hydrogen-bond acceptors (Lipinski definition) is 3. The van der Waals surface area contributed by atoms with Gasteiger partial charge in [0, 0.05) is 24.0 Å². The van der Waals surface area contributed by atoms with Crippen LogP contribution in [0.5, 0.6) is 0 Å². The Bertz CT molecular complexity index is 610. The number of nitrogens with zero attached hydrogens (tertiary/aromatic N) is 1. The molecular formula is C17H21N3O. The van der Waals surface area contributed by atoms with E-state index < -0.39 is 0 Å². The van der Waals surface area contributed by atoms with Crippen LogP contribution in [0.2, 0.25) is 0 Å². The van der Waals surface area contributed by atoms with Crippen molar-refractivity contribution in [3.05, 3.63) is 53.7 Å². The standard InChI is InChI=1S/C17H21N3O/c1-3-9-18-16-12-14(8-10-19-16)17(21)20-15-7-5-6-13(4-2)11-15/h5-8,10-12H,3-4,9H2,1-2H3,(H,18,19)(H,20,21). The number of carbonyl (C=O) groups is 1. The van der Waals surface area contributed by atoms with E-state index in [9.17, 15) is 4.79 Å². The highest BCUT2D eigenvalue weighted by Gasteiger charge is 2.07. The lowest BCUT2D eigenvalue weighted by molar-refractivity contribution is 0.102. The Hall–Kier alpha value is -2.36. The molecule has 0 unspecified atom stereocenters. The molecule has 1 aromatic heterocycles. The van der Waals surface area contributed by atoms with Crippen molar-refractivity contribution in [2.24, 2.45) is 0 Å². The van der Waals surface area contributed by atoms with Crippen molar-refractivity contribution in [1.82, 2.24) is 4.98 Å². The zero-order valence-corrected chi connectivity index (χ0v) is 12.5. The van der Waals surface area contributed by atoms with E-state index in [1.54, 1.807) is 18.3 Å².